The molecule has 78 valence electrons. The van der Waals surface area contributed by atoms with Crippen molar-refractivity contribution in [3.63, 3.8) is 0 Å². The van der Waals surface area contributed by atoms with Crippen LogP contribution in [0.15, 0.2) is 0 Å². The summed E-state index contributed by atoms with van der Waals surface area (Å²) in [5, 5.41) is 3.28. The normalized spacial score (nSPS) is 29.5. The second kappa shape index (κ2) is 6.14. The smallest absolute Gasteiger partial charge is 0.168 e. The molecule has 0 radical (unpaired) electrons. The molecule has 0 aromatic carbocycles. The van der Waals surface area contributed by atoms with Crippen LogP contribution in [0.2, 0.25) is 0 Å². The van der Waals surface area contributed by atoms with Gasteiger partial charge in [-0.1, -0.05) is 10.8 Å². The molecule has 13 heavy (non-hydrogen) atoms. The van der Waals surface area contributed by atoms with Gasteiger partial charge in [-0.25, -0.2) is 0 Å². The quantitative estimate of drug-likeness (QED) is 0.737. The monoisotopic (exact) mass is 223 g/mol. The lowest BCUT2D eigenvalue weighted by atomic mass is 10.5. The van der Waals surface area contributed by atoms with Gasteiger partial charge in [0, 0.05) is 12.4 Å². The van der Waals surface area contributed by atoms with Crippen LogP contribution in [0.1, 0.15) is 20.8 Å². The van der Waals surface area contributed by atoms with Crippen LogP contribution < -0.4 is 5.32 Å². The molecule has 1 aliphatic rings. The van der Waals surface area contributed by atoms with Gasteiger partial charge in [-0.05, 0) is 31.6 Å². The van der Waals surface area contributed by atoms with Gasteiger partial charge in [0.05, 0.1) is 6.10 Å². The highest BCUT2D eigenvalue weighted by Gasteiger charge is 2.23. The number of hydrogen-bond acceptors (Lipinski definition) is 5. The summed E-state index contributed by atoms with van der Waals surface area (Å²) in [6, 6.07) is 0. The number of ether oxygens (including phenoxy) is 2. The average Bonchev–Trinajstić information content (AvgIpc) is 2.04. The Morgan fingerprint density at radius 1 is 1.54 bits per heavy atom. The molecule has 0 aromatic heterocycles. The lowest BCUT2D eigenvalue weighted by Crippen LogP contribution is -2.44. The van der Waals surface area contributed by atoms with E-state index in [1.807, 2.05) is 20.8 Å². The van der Waals surface area contributed by atoms with Gasteiger partial charge in [0.25, 0.3) is 0 Å². The van der Waals surface area contributed by atoms with Crippen LogP contribution in [0.3, 0.4) is 0 Å². The van der Waals surface area contributed by atoms with Crippen LogP contribution in [0.4, 0.5) is 0 Å². The molecule has 1 aliphatic heterocycles. The van der Waals surface area contributed by atoms with E-state index in [1.54, 1.807) is 21.6 Å². The van der Waals surface area contributed by atoms with Crippen molar-refractivity contribution in [2.45, 2.75) is 38.7 Å². The molecule has 0 aliphatic carbocycles. The largest absolute Gasteiger partial charge is 0.363 e. The second-order valence-corrected chi connectivity index (χ2v) is 5.48. The van der Waals surface area contributed by atoms with E-state index >= 15 is 0 Å². The van der Waals surface area contributed by atoms with E-state index in [2.05, 4.69) is 5.32 Å². The van der Waals surface area contributed by atoms with Crippen molar-refractivity contribution in [1.29, 1.82) is 0 Å². The molecule has 0 saturated carbocycles. The Kier molecular flexibility index (Phi) is 5.50. The van der Waals surface area contributed by atoms with E-state index in [-0.39, 0.29) is 17.9 Å². The van der Waals surface area contributed by atoms with Crippen LogP contribution in [-0.4, -0.2) is 30.3 Å². The number of rotatable bonds is 4. The minimum Gasteiger partial charge on any atom is -0.363 e. The van der Waals surface area contributed by atoms with Crippen LogP contribution in [0.5, 0.6) is 0 Å². The minimum atomic E-state index is 0.0651. The van der Waals surface area contributed by atoms with Gasteiger partial charge < -0.3 is 9.47 Å². The Labute approximate surface area is 87.7 Å². The van der Waals surface area contributed by atoms with Gasteiger partial charge in [0.1, 0.15) is 6.23 Å². The first-order valence-electron chi connectivity index (χ1n) is 4.53. The summed E-state index contributed by atoms with van der Waals surface area (Å²) in [6.07, 6.45) is 0.394. The van der Waals surface area contributed by atoms with E-state index in [0.29, 0.717) is 0 Å². The van der Waals surface area contributed by atoms with Gasteiger partial charge in [-0.2, -0.15) is 0 Å². The first-order valence-corrected chi connectivity index (χ1v) is 6.92. The third kappa shape index (κ3) is 4.56. The maximum absolute atomic E-state index is 5.62. The highest BCUT2D eigenvalue weighted by atomic mass is 33.1. The number of nitrogens with one attached hydrogen (secondary N) is 1. The molecule has 5 heteroatoms. The zero-order valence-corrected chi connectivity index (χ0v) is 9.91. The Balaban J connectivity index is 2.24. The van der Waals surface area contributed by atoms with Crippen molar-refractivity contribution in [3.05, 3.63) is 0 Å². The molecule has 1 N–H and O–H groups in total. The SMILES string of the molecule is CCOC1CSSC(OC(C)C)N1. The molecule has 3 nitrogen and oxygen atoms in total. The van der Waals surface area contributed by atoms with Crippen molar-refractivity contribution < 1.29 is 9.47 Å². The summed E-state index contributed by atoms with van der Waals surface area (Å²) < 4.78 is 11.1. The van der Waals surface area contributed by atoms with Crippen LogP contribution in [0.25, 0.3) is 0 Å². The van der Waals surface area contributed by atoms with Crippen molar-refractivity contribution in [2.24, 2.45) is 0 Å². The Morgan fingerprint density at radius 2 is 2.31 bits per heavy atom. The third-order valence-electron chi connectivity index (χ3n) is 1.46. The molecule has 2 unspecified atom stereocenters. The molecule has 0 spiro atoms. The molecular formula is C8H17NO2S2. The molecule has 1 saturated heterocycles. The first kappa shape index (κ1) is 11.7. The zero-order chi connectivity index (χ0) is 9.68. The molecule has 0 amide bonds. The Hall–Kier alpha value is 0.580. The average molecular weight is 223 g/mol. The van der Waals surface area contributed by atoms with E-state index < -0.39 is 0 Å². The lowest BCUT2D eigenvalue weighted by Gasteiger charge is -2.30. The summed E-state index contributed by atoms with van der Waals surface area (Å²) in [7, 11) is 3.52. The molecule has 1 fully saturated rings. The van der Waals surface area contributed by atoms with Gasteiger partial charge in [0.2, 0.25) is 0 Å². The molecule has 1 heterocycles. The Bertz CT molecular complexity index is 144. The molecule has 0 bridgehead atoms. The van der Waals surface area contributed by atoms with Gasteiger partial charge in [0.15, 0.2) is 5.56 Å². The van der Waals surface area contributed by atoms with E-state index in [4.69, 9.17) is 9.47 Å². The maximum atomic E-state index is 5.62. The highest BCUT2D eigenvalue weighted by Crippen LogP contribution is 2.32. The minimum absolute atomic E-state index is 0.0651. The second-order valence-electron chi connectivity index (χ2n) is 3.01. The highest BCUT2D eigenvalue weighted by molar-refractivity contribution is 8.77. The summed E-state index contributed by atoms with van der Waals surface area (Å²) in [6.45, 7) is 6.83. The van der Waals surface area contributed by atoms with Crippen LogP contribution >= 0.6 is 21.6 Å². The van der Waals surface area contributed by atoms with E-state index in [0.717, 1.165) is 12.4 Å². The first-order chi connectivity index (χ1) is 6.22. The zero-order valence-electron chi connectivity index (χ0n) is 8.28. The van der Waals surface area contributed by atoms with Crippen molar-refractivity contribution in [1.82, 2.24) is 5.32 Å². The topological polar surface area (TPSA) is 30.5 Å². The van der Waals surface area contributed by atoms with Crippen molar-refractivity contribution >= 4 is 21.6 Å². The van der Waals surface area contributed by atoms with Gasteiger partial charge >= 0.3 is 0 Å². The summed E-state index contributed by atoms with van der Waals surface area (Å²) in [4.78, 5) is 0. The fraction of sp³-hybridized carbons (Fsp3) is 1.00. The molecule has 1 rings (SSSR count). The lowest BCUT2D eigenvalue weighted by molar-refractivity contribution is -0.0179. The summed E-state index contributed by atoms with van der Waals surface area (Å²) in [5.74, 6) is 0.983. The van der Waals surface area contributed by atoms with Crippen LogP contribution in [-0.2, 0) is 9.47 Å². The summed E-state index contributed by atoms with van der Waals surface area (Å²) >= 11 is 0. The fourth-order valence-corrected chi connectivity index (χ4v) is 3.27. The van der Waals surface area contributed by atoms with Crippen molar-refractivity contribution in [2.75, 3.05) is 12.4 Å². The number of hydrogen-bond donors (Lipinski definition) is 1. The third-order valence-corrected chi connectivity index (χ3v) is 3.80. The predicted molar refractivity (Wildman–Crippen MR) is 58.6 cm³/mol. The maximum Gasteiger partial charge on any atom is 0.168 e. The fourth-order valence-electron chi connectivity index (χ4n) is 0.997. The predicted octanol–water partition coefficient (Wildman–Crippen LogP) is 2.04. The summed E-state index contributed by atoms with van der Waals surface area (Å²) in [5.41, 5.74) is 0.0651. The van der Waals surface area contributed by atoms with E-state index in [1.165, 1.54) is 0 Å². The molecule has 0 aromatic rings. The standard InChI is InChI=1S/C8H17NO2S2/c1-4-10-7-5-12-13-8(9-7)11-6(2)3/h6-9H,4-5H2,1-3H3. The van der Waals surface area contributed by atoms with Crippen molar-refractivity contribution in [3.8, 4) is 0 Å². The van der Waals surface area contributed by atoms with E-state index in [9.17, 15) is 0 Å². The molecule has 2 atom stereocenters. The molecular weight excluding hydrogens is 206 g/mol. The van der Waals surface area contributed by atoms with Crippen LogP contribution in [0, 0.1) is 0 Å². The Morgan fingerprint density at radius 3 is 2.92 bits per heavy atom. The van der Waals surface area contributed by atoms with Gasteiger partial charge in [-0.15, -0.1) is 0 Å². The van der Waals surface area contributed by atoms with Gasteiger partial charge in [-0.3, -0.25) is 5.32 Å².